The summed E-state index contributed by atoms with van der Waals surface area (Å²) >= 11 is 0. The van der Waals surface area contributed by atoms with Gasteiger partial charge < -0.3 is 14.4 Å². The van der Waals surface area contributed by atoms with Crippen LogP contribution in [-0.4, -0.2) is 73.1 Å². The second kappa shape index (κ2) is 11.9. The molecule has 2 fully saturated rings. The van der Waals surface area contributed by atoms with Gasteiger partial charge in [-0.1, -0.05) is 13.8 Å². The predicted molar refractivity (Wildman–Crippen MR) is 117 cm³/mol. The molecule has 1 aromatic heterocycles. The number of nitrogens with zero attached hydrogens (tertiary/aromatic N) is 5. The number of rotatable bonds is 11. The van der Waals surface area contributed by atoms with E-state index in [0.717, 1.165) is 77.4 Å². The molecule has 162 valence electrons. The van der Waals surface area contributed by atoms with E-state index in [0.29, 0.717) is 18.4 Å². The lowest BCUT2D eigenvalue weighted by molar-refractivity contribution is 0.0317. The van der Waals surface area contributed by atoms with E-state index in [9.17, 15) is 0 Å². The Kier molecular flexibility index (Phi) is 8.95. The molecule has 0 atom stereocenters. The smallest absolute Gasteiger partial charge is 0.320 e. The summed E-state index contributed by atoms with van der Waals surface area (Å²) in [6.07, 6.45) is 6.75. The first-order chi connectivity index (χ1) is 14.3. The van der Waals surface area contributed by atoms with Gasteiger partial charge in [0.1, 0.15) is 12.4 Å². The molecule has 0 amide bonds. The van der Waals surface area contributed by atoms with Crippen LogP contribution in [0.25, 0.3) is 0 Å². The van der Waals surface area contributed by atoms with Gasteiger partial charge in [-0.25, -0.2) is 0 Å². The molecule has 8 heteroatoms. The van der Waals surface area contributed by atoms with E-state index < -0.39 is 0 Å². The monoisotopic (exact) mass is 404 g/mol. The average Bonchev–Trinajstić information content (AvgIpc) is 3.26. The Morgan fingerprint density at radius 1 is 1.14 bits per heavy atom. The van der Waals surface area contributed by atoms with Crippen molar-refractivity contribution in [3.63, 3.8) is 0 Å². The summed E-state index contributed by atoms with van der Waals surface area (Å²) in [5.74, 6) is 1.60. The van der Waals surface area contributed by atoms with Crippen molar-refractivity contribution >= 4 is 17.3 Å². The summed E-state index contributed by atoms with van der Waals surface area (Å²) < 4.78 is 11.4. The normalized spacial score (nSPS) is 17.4. The van der Waals surface area contributed by atoms with Gasteiger partial charge in [0.05, 0.1) is 13.2 Å². The summed E-state index contributed by atoms with van der Waals surface area (Å²) in [5.41, 5.74) is 4.37. The van der Waals surface area contributed by atoms with Crippen LogP contribution < -0.4 is 15.1 Å². The van der Waals surface area contributed by atoms with E-state index in [1.54, 1.807) is 0 Å². The molecule has 0 bridgehead atoms. The van der Waals surface area contributed by atoms with Crippen LogP contribution in [0.3, 0.4) is 0 Å². The molecule has 0 radical (unpaired) electrons. The highest BCUT2D eigenvalue weighted by atomic mass is 16.5. The zero-order valence-electron chi connectivity index (χ0n) is 18.0. The Morgan fingerprint density at radius 2 is 1.86 bits per heavy atom. The van der Waals surface area contributed by atoms with Crippen LogP contribution in [0.15, 0.2) is 11.2 Å². The Hall–Kier alpha value is -1.93. The maximum atomic E-state index is 5.95. The molecule has 0 aromatic carbocycles. The Balaban J connectivity index is 1.68. The first-order valence-corrected chi connectivity index (χ1v) is 11.2. The average molecular weight is 405 g/mol. The van der Waals surface area contributed by atoms with Gasteiger partial charge in [-0.3, -0.25) is 10.3 Å². The summed E-state index contributed by atoms with van der Waals surface area (Å²) in [5, 5.41) is 4.56. The minimum absolute atomic E-state index is 0.419. The summed E-state index contributed by atoms with van der Waals surface area (Å²) in [4.78, 5) is 13.9. The van der Waals surface area contributed by atoms with Crippen LogP contribution in [0.5, 0.6) is 6.01 Å². The van der Waals surface area contributed by atoms with Gasteiger partial charge in [0.25, 0.3) is 0 Å². The third-order valence-electron chi connectivity index (χ3n) is 5.25. The molecule has 1 saturated carbocycles. The Morgan fingerprint density at radius 3 is 2.55 bits per heavy atom. The molecule has 29 heavy (non-hydrogen) atoms. The molecule has 0 spiro atoms. The fraction of sp³-hybridized carbons (Fsp3) is 0.762. The standard InChI is InChI=1S/C21H36N6O2/c1-3-9-27(10-4-2)20-17-19(25-24-18-7-5-6-8-18)22-21(23-20)29-16-13-26-11-14-28-15-12-26/h17H,3-16H2,1-2H3,(H,22,23,25). The molecule has 2 heterocycles. The lowest BCUT2D eigenvalue weighted by Crippen LogP contribution is -2.38. The van der Waals surface area contributed by atoms with Crippen molar-refractivity contribution in [1.82, 2.24) is 14.9 Å². The highest BCUT2D eigenvalue weighted by molar-refractivity contribution is 5.86. The minimum Gasteiger partial charge on any atom is -0.462 e. The molecular formula is C21H36N6O2. The first kappa shape index (κ1) is 21.8. The van der Waals surface area contributed by atoms with Crippen LogP contribution in [0.4, 0.5) is 11.6 Å². The van der Waals surface area contributed by atoms with Crippen LogP contribution in [0.1, 0.15) is 52.4 Å². The van der Waals surface area contributed by atoms with Gasteiger partial charge in [0.15, 0.2) is 5.82 Å². The molecular weight excluding hydrogens is 368 g/mol. The summed E-state index contributed by atoms with van der Waals surface area (Å²) in [6, 6.07) is 2.40. The largest absolute Gasteiger partial charge is 0.462 e. The quantitative estimate of drug-likeness (QED) is 0.568. The van der Waals surface area contributed by atoms with E-state index >= 15 is 0 Å². The summed E-state index contributed by atoms with van der Waals surface area (Å²) in [7, 11) is 0. The van der Waals surface area contributed by atoms with Crippen LogP contribution >= 0.6 is 0 Å². The van der Waals surface area contributed by atoms with Gasteiger partial charge in [0.2, 0.25) is 0 Å². The SMILES string of the molecule is CCCN(CCC)c1cc(NN=C2CCCC2)nc(OCCN2CCOCC2)n1. The molecule has 1 aliphatic carbocycles. The van der Waals surface area contributed by atoms with Crippen molar-refractivity contribution in [3.8, 4) is 6.01 Å². The first-order valence-electron chi connectivity index (χ1n) is 11.2. The fourth-order valence-corrected chi connectivity index (χ4v) is 3.70. The number of nitrogens with one attached hydrogen (secondary N) is 1. The second-order valence-electron chi connectivity index (χ2n) is 7.68. The van der Waals surface area contributed by atoms with Crippen molar-refractivity contribution in [2.45, 2.75) is 52.4 Å². The number of hydrazone groups is 1. The number of ether oxygens (including phenoxy) is 2. The molecule has 1 N–H and O–H groups in total. The van der Waals surface area contributed by atoms with Crippen molar-refractivity contribution in [1.29, 1.82) is 0 Å². The molecule has 1 aromatic rings. The van der Waals surface area contributed by atoms with Crippen molar-refractivity contribution in [2.24, 2.45) is 5.10 Å². The lowest BCUT2D eigenvalue weighted by atomic mass is 10.3. The number of anilines is 2. The molecule has 8 nitrogen and oxygen atoms in total. The Bertz CT molecular complexity index is 634. The van der Waals surface area contributed by atoms with E-state index in [1.165, 1.54) is 18.6 Å². The van der Waals surface area contributed by atoms with Gasteiger partial charge >= 0.3 is 6.01 Å². The summed E-state index contributed by atoms with van der Waals surface area (Å²) in [6.45, 7) is 11.2. The van der Waals surface area contributed by atoms with Crippen molar-refractivity contribution < 1.29 is 9.47 Å². The highest BCUT2D eigenvalue weighted by Gasteiger charge is 2.14. The molecule has 0 unspecified atom stereocenters. The maximum Gasteiger partial charge on any atom is 0.320 e. The maximum absolute atomic E-state index is 5.95. The van der Waals surface area contributed by atoms with Crippen molar-refractivity contribution in [2.75, 3.05) is 62.9 Å². The zero-order chi connectivity index (χ0) is 20.3. The van der Waals surface area contributed by atoms with E-state index in [2.05, 4.69) is 39.2 Å². The third kappa shape index (κ3) is 7.12. The van der Waals surface area contributed by atoms with Gasteiger partial charge in [-0.15, -0.1) is 0 Å². The van der Waals surface area contributed by atoms with Gasteiger partial charge in [-0.05, 0) is 38.5 Å². The Labute approximate surface area is 174 Å². The van der Waals surface area contributed by atoms with Crippen LogP contribution in [0.2, 0.25) is 0 Å². The zero-order valence-corrected chi connectivity index (χ0v) is 18.0. The fourth-order valence-electron chi connectivity index (χ4n) is 3.70. The van der Waals surface area contributed by atoms with Crippen LogP contribution in [0, 0.1) is 0 Å². The van der Waals surface area contributed by atoms with Gasteiger partial charge in [-0.2, -0.15) is 15.1 Å². The lowest BCUT2D eigenvalue weighted by Gasteiger charge is -2.26. The number of hydrogen-bond donors (Lipinski definition) is 1. The number of morpholine rings is 1. The molecule has 3 rings (SSSR count). The molecule has 1 aliphatic heterocycles. The third-order valence-corrected chi connectivity index (χ3v) is 5.25. The van der Waals surface area contributed by atoms with Crippen molar-refractivity contribution in [3.05, 3.63) is 6.07 Å². The van der Waals surface area contributed by atoms with E-state index in [4.69, 9.17) is 14.5 Å². The second-order valence-corrected chi connectivity index (χ2v) is 7.68. The predicted octanol–water partition coefficient (Wildman–Crippen LogP) is 3.16. The van der Waals surface area contributed by atoms with E-state index in [-0.39, 0.29) is 0 Å². The van der Waals surface area contributed by atoms with Gasteiger partial charge in [0, 0.05) is 44.5 Å². The van der Waals surface area contributed by atoms with E-state index in [1.807, 2.05) is 6.07 Å². The minimum atomic E-state index is 0.419. The number of aromatic nitrogens is 2. The molecule has 2 aliphatic rings. The highest BCUT2D eigenvalue weighted by Crippen LogP contribution is 2.21. The number of hydrogen-bond acceptors (Lipinski definition) is 8. The molecule has 1 saturated heterocycles. The van der Waals surface area contributed by atoms with Crippen LogP contribution in [-0.2, 0) is 4.74 Å². The topological polar surface area (TPSA) is 75.1 Å².